The molecule has 0 unspecified atom stereocenters. The van der Waals surface area contributed by atoms with Crippen LogP contribution in [0.4, 0.5) is 5.69 Å². The number of nitrogens with one attached hydrogen (secondary N) is 1. The molecule has 0 radical (unpaired) electrons. The minimum atomic E-state index is -3.85. The van der Waals surface area contributed by atoms with Gasteiger partial charge in [0.1, 0.15) is 10.6 Å². The summed E-state index contributed by atoms with van der Waals surface area (Å²) >= 11 is 0. The molecule has 0 aromatic heterocycles. The molecule has 2 aromatic rings. The summed E-state index contributed by atoms with van der Waals surface area (Å²) in [5.74, 6) is -1.07. The topological polar surface area (TPSA) is 135 Å². The molecule has 10 nitrogen and oxygen atoms in total. The first-order valence-corrected chi connectivity index (χ1v) is 11.9. The van der Waals surface area contributed by atoms with Crippen molar-refractivity contribution in [3.8, 4) is 11.8 Å². The maximum atomic E-state index is 13.1. The minimum Gasteiger partial charge on any atom is -0.495 e. The first-order chi connectivity index (χ1) is 16.2. The van der Waals surface area contributed by atoms with Crippen molar-refractivity contribution in [3.05, 3.63) is 53.6 Å². The lowest BCUT2D eigenvalue weighted by Gasteiger charge is -2.26. The van der Waals surface area contributed by atoms with Crippen molar-refractivity contribution in [2.24, 2.45) is 0 Å². The average Bonchev–Trinajstić information content (AvgIpc) is 2.84. The molecule has 0 spiro atoms. The normalized spacial score (nSPS) is 15.1. The van der Waals surface area contributed by atoms with Crippen LogP contribution in [0.15, 0.2) is 47.4 Å². The lowest BCUT2D eigenvalue weighted by molar-refractivity contribution is -0.152. The van der Waals surface area contributed by atoms with E-state index in [2.05, 4.69) is 5.32 Å². The quantitative estimate of drug-likeness (QED) is 0.556. The second-order valence-corrected chi connectivity index (χ2v) is 9.40. The SMILES string of the molecule is COc1ccc(CC(=O)O[C@H](C)C(=O)Nc2ccc(C#N)cc2)cc1S(=O)(=O)N1CCOCC1. The van der Waals surface area contributed by atoms with Gasteiger partial charge in [-0.3, -0.25) is 9.59 Å². The van der Waals surface area contributed by atoms with E-state index < -0.39 is 28.0 Å². The van der Waals surface area contributed by atoms with Crippen LogP contribution < -0.4 is 10.1 Å². The maximum absolute atomic E-state index is 13.1. The van der Waals surface area contributed by atoms with Crippen molar-refractivity contribution in [1.82, 2.24) is 4.31 Å². The van der Waals surface area contributed by atoms with E-state index in [0.717, 1.165) is 0 Å². The first-order valence-electron chi connectivity index (χ1n) is 10.5. The van der Waals surface area contributed by atoms with E-state index in [0.29, 0.717) is 30.0 Å². The Kier molecular flexibility index (Phi) is 8.22. The molecule has 0 bridgehead atoms. The molecular weight excluding hydrogens is 462 g/mol. The molecule has 1 aliphatic heterocycles. The number of ether oxygens (including phenoxy) is 3. The molecule has 11 heteroatoms. The van der Waals surface area contributed by atoms with Crippen molar-refractivity contribution < 1.29 is 32.2 Å². The number of rotatable bonds is 8. The molecule has 1 aliphatic rings. The van der Waals surface area contributed by atoms with Crippen LogP contribution in [0.5, 0.6) is 5.75 Å². The van der Waals surface area contributed by atoms with Gasteiger partial charge in [0.2, 0.25) is 10.0 Å². The summed E-state index contributed by atoms with van der Waals surface area (Å²) in [5.41, 5.74) is 1.31. The van der Waals surface area contributed by atoms with Crippen molar-refractivity contribution >= 4 is 27.6 Å². The summed E-state index contributed by atoms with van der Waals surface area (Å²) < 4.78 is 43.2. The molecule has 180 valence electrons. The van der Waals surface area contributed by atoms with Gasteiger partial charge >= 0.3 is 5.97 Å². The van der Waals surface area contributed by atoms with Gasteiger partial charge in [-0.2, -0.15) is 9.57 Å². The third-order valence-corrected chi connectivity index (χ3v) is 7.04. The fourth-order valence-electron chi connectivity index (χ4n) is 3.29. The third-order valence-electron chi connectivity index (χ3n) is 5.12. The van der Waals surface area contributed by atoms with Gasteiger partial charge in [0.15, 0.2) is 6.10 Å². The van der Waals surface area contributed by atoms with E-state index in [1.54, 1.807) is 30.3 Å². The van der Waals surface area contributed by atoms with Crippen LogP contribution >= 0.6 is 0 Å². The van der Waals surface area contributed by atoms with E-state index in [1.165, 1.54) is 30.5 Å². The molecule has 1 atom stereocenters. The molecule has 3 rings (SSSR count). The van der Waals surface area contributed by atoms with Crippen LogP contribution in [0, 0.1) is 11.3 Å². The fraction of sp³-hybridized carbons (Fsp3) is 0.348. The third kappa shape index (κ3) is 6.11. The van der Waals surface area contributed by atoms with Crippen molar-refractivity contribution in [1.29, 1.82) is 5.26 Å². The average molecular weight is 488 g/mol. The number of hydrogen-bond acceptors (Lipinski definition) is 8. The molecule has 1 amide bonds. The van der Waals surface area contributed by atoms with Gasteiger partial charge in [0.05, 0.1) is 38.4 Å². The number of methoxy groups -OCH3 is 1. The lowest BCUT2D eigenvalue weighted by Crippen LogP contribution is -2.40. The highest BCUT2D eigenvalue weighted by Crippen LogP contribution is 2.28. The molecular formula is C23H25N3O7S. The largest absolute Gasteiger partial charge is 0.495 e. The summed E-state index contributed by atoms with van der Waals surface area (Å²) in [6.45, 7) is 2.48. The van der Waals surface area contributed by atoms with Crippen molar-refractivity contribution in [3.63, 3.8) is 0 Å². The number of nitrogens with zero attached hydrogens (tertiary/aromatic N) is 2. The Hall–Kier alpha value is -3.46. The number of amides is 1. The van der Waals surface area contributed by atoms with Crippen LogP contribution in [0.2, 0.25) is 0 Å². The highest BCUT2D eigenvalue weighted by atomic mass is 32.2. The van der Waals surface area contributed by atoms with E-state index in [-0.39, 0.29) is 30.2 Å². The zero-order valence-corrected chi connectivity index (χ0v) is 19.6. The maximum Gasteiger partial charge on any atom is 0.311 e. The molecule has 1 fully saturated rings. The van der Waals surface area contributed by atoms with Gasteiger partial charge in [-0.05, 0) is 48.9 Å². The summed E-state index contributed by atoms with van der Waals surface area (Å²) in [5, 5.41) is 11.4. The number of hydrogen-bond donors (Lipinski definition) is 1. The highest BCUT2D eigenvalue weighted by molar-refractivity contribution is 7.89. The second kappa shape index (κ2) is 11.1. The lowest BCUT2D eigenvalue weighted by atomic mass is 10.1. The predicted molar refractivity (Wildman–Crippen MR) is 122 cm³/mol. The number of carbonyl (C=O) groups excluding carboxylic acids is 2. The van der Waals surface area contributed by atoms with Gasteiger partial charge in [-0.15, -0.1) is 0 Å². The Balaban J connectivity index is 1.66. The van der Waals surface area contributed by atoms with Crippen LogP contribution in [0.3, 0.4) is 0 Å². The zero-order valence-electron chi connectivity index (χ0n) is 18.8. The first kappa shape index (κ1) is 25.2. The fourth-order valence-corrected chi connectivity index (χ4v) is 4.90. The molecule has 2 aromatic carbocycles. The Morgan fingerprint density at radius 2 is 1.85 bits per heavy atom. The highest BCUT2D eigenvalue weighted by Gasteiger charge is 2.30. The number of sulfonamides is 1. The van der Waals surface area contributed by atoms with Crippen LogP contribution in [-0.2, 0) is 35.5 Å². The molecule has 0 saturated carbocycles. The van der Waals surface area contributed by atoms with Gasteiger partial charge in [0.25, 0.3) is 5.91 Å². The van der Waals surface area contributed by atoms with Crippen LogP contribution in [-0.4, -0.2) is 64.1 Å². The van der Waals surface area contributed by atoms with Gasteiger partial charge in [0, 0.05) is 18.8 Å². The van der Waals surface area contributed by atoms with E-state index in [4.69, 9.17) is 19.5 Å². The smallest absolute Gasteiger partial charge is 0.311 e. The van der Waals surface area contributed by atoms with Crippen LogP contribution in [0.1, 0.15) is 18.1 Å². The number of benzene rings is 2. The summed E-state index contributed by atoms with van der Waals surface area (Å²) in [6.07, 6.45) is -1.32. The molecule has 1 heterocycles. The standard InChI is InChI=1S/C23H25N3O7S/c1-16(23(28)25-19-6-3-17(15-24)4-7-19)33-22(27)14-18-5-8-20(31-2)21(13-18)34(29,30)26-9-11-32-12-10-26/h3-8,13,16H,9-12,14H2,1-2H3,(H,25,28)/t16-/m1/s1. The Labute approximate surface area is 198 Å². The number of anilines is 1. The molecule has 34 heavy (non-hydrogen) atoms. The number of nitriles is 1. The number of carbonyl (C=O) groups is 2. The van der Waals surface area contributed by atoms with Gasteiger partial charge in [-0.1, -0.05) is 6.07 Å². The molecule has 1 N–H and O–H groups in total. The van der Waals surface area contributed by atoms with E-state index in [9.17, 15) is 18.0 Å². The van der Waals surface area contributed by atoms with Gasteiger partial charge < -0.3 is 19.5 Å². The Morgan fingerprint density at radius 1 is 1.18 bits per heavy atom. The minimum absolute atomic E-state index is 0.0474. The second-order valence-electron chi connectivity index (χ2n) is 7.49. The zero-order chi connectivity index (χ0) is 24.7. The summed E-state index contributed by atoms with van der Waals surface area (Å²) in [4.78, 5) is 24.7. The van der Waals surface area contributed by atoms with Crippen LogP contribution in [0.25, 0.3) is 0 Å². The molecule has 0 aliphatic carbocycles. The summed E-state index contributed by atoms with van der Waals surface area (Å²) in [6, 6.07) is 12.7. The van der Waals surface area contributed by atoms with Crippen molar-refractivity contribution in [2.75, 3.05) is 38.7 Å². The van der Waals surface area contributed by atoms with Gasteiger partial charge in [-0.25, -0.2) is 8.42 Å². The number of morpholine rings is 1. The molecule has 1 saturated heterocycles. The van der Waals surface area contributed by atoms with Crippen molar-refractivity contribution in [2.45, 2.75) is 24.3 Å². The number of esters is 1. The Morgan fingerprint density at radius 3 is 2.47 bits per heavy atom. The summed E-state index contributed by atoms with van der Waals surface area (Å²) in [7, 11) is -2.48. The van der Waals surface area contributed by atoms with E-state index in [1.807, 2.05) is 6.07 Å². The monoisotopic (exact) mass is 487 g/mol. The Bertz CT molecular complexity index is 1180. The predicted octanol–water partition coefficient (Wildman–Crippen LogP) is 1.70. The van der Waals surface area contributed by atoms with E-state index >= 15 is 0 Å².